The van der Waals surface area contributed by atoms with E-state index in [4.69, 9.17) is 9.47 Å². The first-order chi connectivity index (χ1) is 12.2. The standard InChI is InChI=1S/C19H18N2O4/c22-18(20-15-6-7-16-17(11-15)25-12-24-16)13-4-3-5-14(10-13)19(23)21-8-1-2-9-21/h3-7,10-11H,1-2,8-9,12H2,(H,20,22). The number of benzene rings is 2. The van der Waals surface area contributed by atoms with Crippen LogP contribution in [-0.4, -0.2) is 36.6 Å². The van der Waals surface area contributed by atoms with Crippen LogP contribution in [0.15, 0.2) is 42.5 Å². The van der Waals surface area contributed by atoms with E-state index in [1.165, 1.54) is 0 Å². The predicted molar refractivity (Wildman–Crippen MR) is 92.1 cm³/mol. The molecule has 0 unspecified atom stereocenters. The van der Waals surface area contributed by atoms with E-state index in [-0.39, 0.29) is 18.6 Å². The van der Waals surface area contributed by atoms with E-state index in [1.807, 2.05) is 4.90 Å². The highest BCUT2D eigenvalue weighted by molar-refractivity contribution is 6.06. The van der Waals surface area contributed by atoms with Crippen molar-refractivity contribution in [3.63, 3.8) is 0 Å². The van der Waals surface area contributed by atoms with Gasteiger partial charge in [-0.15, -0.1) is 0 Å². The molecular formula is C19H18N2O4. The molecule has 1 saturated heterocycles. The summed E-state index contributed by atoms with van der Waals surface area (Å²) >= 11 is 0. The van der Waals surface area contributed by atoms with E-state index in [0.29, 0.717) is 28.3 Å². The number of hydrogen-bond acceptors (Lipinski definition) is 4. The second-order valence-corrected chi connectivity index (χ2v) is 6.10. The monoisotopic (exact) mass is 338 g/mol. The van der Waals surface area contributed by atoms with Gasteiger partial charge in [0.15, 0.2) is 11.5 Å². The van der Waals surface area contributed by atoms with Gasteiger partial charge in [0.25, 0.3) is 11.8 Å². The zero-order valence-corrected chi connectivity index (χ0v) is 13.7. The van der Waals surface area contributed by atoms with Crippen molar-refractivity contribution < 1.29 is 19.1 Å². The molecule has 4 rings (SSSR count). The number of fused-ring (bicyclic) bond motifs is 1. The molecule has 1 N–H and O–H groups in total. The Kier molecular flexibility index (Phi) is 4.01. The van der Waals surface area contributed by atoms with Crippen molar-refractivity contribution in [1.29, 1.82) is 0 Å². The minimum Gasteiger partial charge on any atom is -0.454 e. The van der Waals surface area contributed by atoms with Crippen LogP contribution in [0.2, 0.25) is 0 Å². The minimum atomic E-state index is -0.269. The maximum absolute atomic E-state index is 12.5. The van der Waals surface area contributed by atoms with Crippen LogP contribution in [0.3, 0.4) is 0 Å². The first kappa shape index (κ1) is 15.5. The Bertz CT molecular complexity index is 828. The molecule has 0 bridgehead atoms. The number of rotatable bonds is 3. The minimum absolute atomic E-state index is 0.0183. The number of ether oxygens (including phenoxy) is 2. The van der Waals surface area contributed by atoms with E-state index in [0.717, 1.165) is 25.9 Å². The van der Waals surface area contributed by atoms with E-state index < -0.39 is 0 Å². The molecule has 0 saturated carbocycles. The zero-order valence-electron chi connectivity index (χ0n) is 13.7. The summed E-state index contributed by atoms with van der Waals surface area (Å²) in [6.07, 6.45) is 2.08. The molecule has 6 nitrogen and oxygen atoms in total. The highest BCUT2D eigenvalue weighted by atomic mass is 16.7. The number of carbonyl (C=O) groups is 2. The molecule has 6 heteroatoms. The average Bonchev–Trinajstić information content (AvgIpc) is 3.32. The van der Waals surface area contributed by atoms with Gasteiger partial charge in [-0.05, 0) is 43.2 Å². The van der Waals surface area contributed by atoms with Crippen LogP contribution < -0.4 is 14.8 Å². The van der Waals surface area contributed by atoms with Gasteiger partial charge in [-0.25, -0.2) is 0 Å². The fourth-order valence-electron chi connectivity index (χ4n) is 3.07. The fraction of sp³-hybridized carbons (Fsp3) is 0.263. The summed E-state index contributed by atoms with van der Waals surface area (Å²) in [7, 11) is 0. The molecule has 0 spiro atoms. The molecule has 0 aliphatic carbocycles. The Hall–Kier alpha value is -3.02. The van der Waals surface area contributed by atoms with Gasteiger partial charge < -0.3 is 19.7 Å². The Morgan fingerprint density at radius 2 is 1.68 bits per heavy atom. The van der Waals surface area contributed by atoms with Crippen molar-refractivity contribution in [3.8, 4) is 11.5 Å². The molecule has 2 heterocycles. The number of carbonyl (C=O) groups excluding carboxylic acids is 2. The summed E-state index contributed by atoms with van der Waals surface area (Å²) in [6.45, 7) is 1.76. The van der Waals surface area contributed by atoms with Crippen LogP contribution in [0, 0.1) is 0 Å². The van der Waals surface area contributed by atoms with Gasteiger partial charge in [0.05, 0.1) is 0 Å². The second-order valence-electron chi connectivity index (χ2n) is 6.10. The van der Waals surface area contributed by atoms with Gasteiger partial charge in [-0.3, -0.25) is 9.59 Å². The van der Waals surface area contributed by atoms with Gasteiger partial charge >= 0.3 is 0 Å². The summed E-state index contributed by atoms with van der Waals surface area (Å²) in [6, 6.07) is 12.1. The number of nitrogens with zero attached hydrogens (tertiary/aromatic N) is 1. The second kappa shape index (κ2) is 6.47. The van der Waals surface area contributed by atoms with Crippen LogP contribution >= 0.6 is 0 Å². The van der Waals surface area contributed by atoms with Crippen molar-refractivity contribution in [1.82, 2.24) is 4.90 Å². The van der Waals surface area contributed by atoms with Gasteiger partial charge in [-0.2, -0.15) is 0 Å². The number of amides is 2. The number of likely N-dealkylation sites (tertiary alicyclic amines) is 1. The Morgan fingerprint density at radius 3 is 2.52 bits per heavy atom. The van der Waals surface area contributed by atoms with Crippen molar-refractivity contribution in [2.24, 2.45) is 0 Å². The molecule has 2 aromatic rings. The summed E-state index contributed by atoms with van der Waals surface area (Å²) in [5.74, 6) is 0.983. The highest BCUT2D eigenvalue weighted by Crippen LogP contribution is 2.34. The first-order valence-corrected chi connectivity index (χ1v) is 8.31. The summed E-state index contributed by atoms with van der Waals surface area (Å²) in [5, 5.41) is 2.82. The molecule has 2 amide bonds. The largest absolute Gasteiger partial charge is 0.454 e. The lowest BCUT2D eigenvalue weighted by molar-refractivity contribution is 0.0793. The highest BCUT2D eigenvalue weighted by Gasteiger charge is 2.20. The Morgan fingerprint density at radius 1 is 0.920 bits per heavy atom. The number of anilines is 1. The smallest absolute Gasteiger partial charge is 0.255 e. The third-order valence-electron chi connectivity index (χ3n) is 4.40. The Labute approximate surface area is 145 Å². The topological polar surface area (TPSA) is 67.9 Å². The quantitative estimate of drug-likeness (QED) is 0.934. The first-order valence-electron chi connectivity index (χ1n) is 8.31. The van der Waals surface area contributed by atoms with E-state index in [2.05, 4.69) is 5.32 Å². The maximum atomic E-state index is 12.5. The molecule has 128 valence electrons. The molecule has 0 atom stereocenters. The van der Waals surface area contributed by atoms with Crippen molar-refractivity contribution in [2.45, 2.75) is 12.8 Å². The summed E-state index contributed by atoms with van der Waals surface area (Å²) < 4.78 is 10.6. The maximum Gasteiger partial charge on any atom is 0.255 e. The van der Waals surface area contributed by atoms with Gasteiger partial charge in [-0.1, -0.05) is 6.07 Å². The fourth-order valence-corrected chi connectivity index (χ4v) is 3.07. The number of nitrogens with one attached hydrogen (secondary N) is 1. The number of hydrogen-bond donors (Lipinski definition) is 1. The summed E-state index contributed by atoms with van der Waals surface area (Å²) in [5.41, 5.74) is 1.61. The van der Waals surface area contributed by atoms with E-state index in [1.54, 1.807) is 42.5 Å². The molecule has 2 aromatic carbocycles. The van der Waals surface area contributed by atoms with Crippen LogP contribution in [0.4, 0.5) is 5.69 Å². The van der Waals surface area contributed by atoms with E-state index in [9.17, 15) is 9.59 Å². The average molecular weight is 338 g/mol. The third-order valence-corrected chi connectivity index (χ3v) is 4.40. The van der Waals surface area contributed by atoms with Crippen LogP contribution in [0.1, 0.15) is 33.6 Å². The Balaban J connectivity index is 1.50. The lowest BCUT2D eigenvalue weighted by Gasteiger charge is -2.15. The van der Waals surface area contributed by atoms with Crippen LogP contribution in [-0.2, 0) is 0 Å². The van der Waals surface area contributed by atoms with Gasteiger partial charge in [0, 0.05) is 36.0 Å². The molecule has 2 aliphatic heterocycles. The summed E-state index contributed by atoms with van der Waals surface area (Å²) in [4.78, 5) is 26.8. The van der Waals surface area contributed by atoms with E-state index >= 15 is 0 Å². The zero-order chi connectivity index (χ0) is 17.2. The molecule has 1 fully saturated rings. The molecular weight excluding hydrogens is 320 g/mol. The lowest BCUT2D eigenvalue weighted by atomic mass is 10.1. The normalized spacial score (nSPS) is 15.3. The molecule has 25 heavy (non-hydrogen) atoms. The van der Waals surface area contributed by atoms with Gasteiger partial charge in [0.1, 0.15) is 0 Å². The van der Waals surface area contributed by atoms with Crippen molar-refractivity contribution in [2.75, 3.05) is 25.2 Å². The SMILES string of the molecule is O=C(Nc1ccc2c(c1)OCO2)c1cccc(C(=O)N2CCCC2)c1. The lowest BCUT2D eigenvalue weighted by Crippen LogP contribution is -2.27. The molecule has 2 aliphatic rings. The third kappa shape index (κ3) is 3.15. The van der Waals surface area contributed by atoms with Gasteiger partial charge in [0.2, 0.25) is 6.79 Å². The van der Waals surface area contributed by atoms with Crippen molar-refractivity contribution >= 4 is 17.5 Å². The molecule has 0 aromatic heterocycles. The predicted octanol–water partition coefficient (Wildman–Crippen LogP) is 2.90. The van der Waals surface area contributed by atoms with Crippen LogP contribution in [0.25, 0.3) is 0 Å². The van der Waals surface area contributed by atoms with Crippen LogP contribution in [0.5, 0.6) is 11.5 Å². The van der Waals surface area contributed by atoms with Crippen molar-refractivity contribution in [3.05, 3.63) is 53.6 Å². The molecule has 0 radical (unpaired) electrons.